The second kappa shape index (κ2) is 4.78. The maximum absolute atomic E-state index is 11.4. The molecule has 1 aliphatic heterocycles. The summed E-state index contributed by atoms with van der Waals surface area (Å²) in [6.45, 7) is 9.32. The summed E-state index contributed by atoms with van der Waals surface area (Å²) in [6.07, 6.45) is 2.26. The van der Waals surface area contributed by atoms with Gasteiger partial charge in [0.05, 0.1) is 6.61 Å². The van der Waals surface area contributed by atoms with Crippen molar-refractivity contribution < 1.29 is 9.53 Å². The molecule has 0 aromatic rings. The molecule has 1 rings (SSSR count). The third-order valence-corrected chi connectivity index (χ3v) is 2.44. The van der Waals surface area contributed by atoms with Crippen molar-refractivity contribution in [2.45, 2.75) is 33.6 Å². The van der Waals surface area contributed by atoms with Crippen LogP contribution in [0.15, 0.2) is 0 Å². The van der Waals surface area contributed by atoms with Crippen LogP contribution in [0.5, 0.6) is 0 Å². The fourth-order valence-electron chi connectivity index (χ4n) is 1.59. The van der Waals surface area contributed by atoms with Gasteiger partial charge in [0.15, 0.2) is 0 Å². The molecular weight excluding hydrogens is 178 g/mol. The minimum atomic E-state index is 0.144. The quantitative estimate of drug-likeness (QED) is 0.692. The van der Waals surface area contributed by atoms with Crippen molar-refractivity contribution in [2.75, 3.05) is 26.3 Å². The lowest BCUT2D eigenvalue weighted by molar-refractivity contribution is -0.142. The molecule has 3 heteroatoms. The first kappa shape index (κ1) is 11.5. The van der Waals surface area contributed by atoms with Crippen LogP contribution in [0.1, 0.15) is 33.6 Å². The number of carbonyl (C=O) groups excluding carboxylic acids is 1. The van der Waals surface area contributed by atoms with E-state index in [1.54, 1.807) is 0 Å². The van der Waals surface area contributed by atoms with Gasteiger partial charge in [-0.3, -0.25) is 4.79 Å². The number of carbonyl (C=O) groups is 1. The van der Waals surface area contributed by atoms with Crippen LogP contribution in [0.25, 0.3) is 0 Å². The lowest BCUT2D eigenvalue weighted by Gasteiger charge is -2.28. The highest BCUT2D eigenvalue weighted by Gasteiger charge is 2.18. The Kier molecular flexibility index (Phi) is 3.93. The molecule has 0 saturated carbocycles. The number of hydrogen-bond donors (Lipinski definition) is 0. The van der Waals surface area contributed by atoms with Gasteiger partial charge in [-0.2, -0.15) is 0 Å². The van der Waals surface area contributed by atoms with Gasteiger partial charge >= 0.3 is 0 Å². The van der Waals surface area contributed by atoms with Crippen LogP contribution >= 0.6 is 0 Å². The number of amides is 1. The van der Waals surface area contributed by atoms with Crippen LogP contribution in [0.4, 0.5) is 0 Å². The molecule has 82 valence electrons. The molecule has 1 heterocycles. The molecule has 1 amide bonds. The van der Waals surface area contributed by atoms with E-state index in [-0.39, 0.29) is 12.5 Å². The summed E-state index contributed by atoms with van der Waals surface area (Å²) in [6, 6.07) is 0. The summed E-state index contributed by atoms with van der Waals surface area (Å²) in [5.74, 6) is 0.144. The normalized spacial score (nSPS) is 18.8. The van der Waals surface area contributed by atoms with E-state index < -0.39 is 0 Å². The van der Waals surface area contributed by atoms with Crippen LogP contribution in [-0.4, -0.2) is 37.1 Å². The molecule has 0 aliphatic carbocycles. The maximum Gasteiger partial charge on any atom is 0.248 e. The average Bonchev–Trinajstić information content (AvgIpc) is 2.06. The highest BCUT2D eigenvalue weighted by atomic mass is 16.5. The molecule has 0 bridgehead atoms. The number of rotatable bonds is 3. The van der Waals surface area contributed by atoms with Gasteiger partial charge in [0.25, 0.3) is 0 Å². The van der Waals surface area contributed by atoms with Crippen LogP contribution in [-0.2, 0) is 9.53 Å². The van der Waals surface area contributed by atoms with Crippen molar-refractivity contribution in [2.24, 2.45) is 5.41 Å². The van der Waals surface area contributed by atoms with E-state index in [0.717, 1.165) is 25.9 Å². The zero-order valence-electron chi connectivity index (χ0n) is 9.51. The molecule has 1 aliphatic rings. The maximum atomic E-state index is 11.4. The van der Waals surface area contributed by atoms with E-state index >= 15 is 0 Å². The average molecular weight is 199 g/mol. The number of ether oxygens (including phenoxy) is 1. The summed E-state index contributed by atoms with van der Waals surface area (Å²) in [5, 5.41) is 0. The van der Waals surface area contributed by atoms with Crippen molar-refractivity contribution in [1.29, 1.82) is 0 Å². The first-order valence-corrected chi connectivity index (χ1v) is 5.34. The van der Waals surface area contributed by atoms with Crippen molar-refractivity contribution in [3.63, 3.8) is 0 Å². The second-order valence-electron chi connectivity index (χ2n) is 5.10. The summed E-state index contributed by atoms with van der Waals surface area (Å²) >= 11 is 0. The Morgan fingerprint density at radius 1 is 1.43 bits per heavy atom. The van der Waals surface area contributed by atoms with E-state index in [9.17, 15) is 4.79 Å². The molecule has 1 saturated heterocycles. The molecule has 0 aromatic heterocycles. The standard InChI is InChI=1S/C11H21NO2/c1-11(2,3)5-4-6-12-7-8-14-9-10(12)13/h4-9H2,1-3H3. The van der Waals surface area contributed by atoms with E-state index in [0.29, 0.717) is 12.0 Å². The van der Waals surface area contributed by atoms with Crippen molar-refractivity contribution >= 4 is 5.91 Å². The summed E-state index contributed by atoms with van der Waals surface area (Å²) < 4.78 is 5.07. The number of morpholine rings is 1. The molecule has 0 radical (unpaired) electrons. The monoisotopic (exact) mass is 199 g/mol. The molecule has 0 atom stereocenters. The SMILES string of the molecule is CC(C)(C)CCCN1CCOCC1=O. The van der Waals surface area contributed by atoms with Gasteiger partial charge in [-0.25, -0.2) is 0 Å². The minimum Gasteiger partial charge on any atom is -0.370 e. The van der Waals surface area contributed by atoms with Gasteiger partial charge in [0.1, 0.15) is 6.61 Å². The zero-order chi connectivity index (χ0) is 10.6. The third-order valence-electron chi connectivity index (χ3n) is 2.44. The van der Waals surface area contributed by atoms with Gasteiger partial charge in [0.2, 0.25) is 5.91 Å². The van der Waals surface area contributed by atoms with Gasteiger partial charge < -0.3 is 9.64 Å². The Balaban J connectivity index is 2.20. The summed E-state index contributed by atoms with van der Waals surface area (Å²) in [5.41, 5.74) is 0.370. The molecule has 0 N–H and O–H groups in total. The molecule has 3 nitrogen and oxygen atoms in total. The lowest BCUT2D eigenvalue weighted by atomic mass is 9.90. The largest absolute Gasteiger partial charge is 0.370 e. The molecule has 14 heavy (non-hydrogen) atoms. The van der Waals surface area contributed by atoms with E-state index in [1.807, 2.05) is 4.90 Å². The Hall–Kier alpha value is -0.570. The lowest BCUT2D eigenvalue weighted by Crippen LogP contribution is -2.42. The minimum absolute atomic E-state index is 0.144. The highest BCUT2D eigenvalue weighted by molar-refractivity contribution is 5.77. The third kappa shape index (κ3) is 4.09. The molecule has 1 fully saturated rings. The number of hydrogen-bond acceptors (Lipinski definition) is 2. The van der Waals surface area contributed by atoms with E-state index in [1.165, 1.54) is 0 Å². The highest BCUT2D eigenvalue weighted by Crippen LogP contribution is 2.20. The van der Waals surface area contributed by atoms with Gasteiger partial charge in [0, 0.05) is 13.1 Å². The van der Waals surface area contributed by atoms with Crippen LogP contribution in [0, 0.1) is 5.41 Å². The first-order chi connectivity index (χ1) is 6.49. The fourth-order valence-corrected chi connectivity index (χ4v) is 1.59. The molecule has 0 spiro atoms. The van der Waals surface area contributed by atoms with E-state index in [4.69, 9.17) is 4.74 Å². The first-order valence-electron chi connectivity index (χ1n) is 5.34. The second-order valence-corrected chi connectivity index (χ2v) is 5.10. The van der Waals surface area contributed by atoms with Crippen molar-refractivity contribution in [3.8, 4) is 0 Å². The Morgan fingerprint density at radius 2 is 2.14 bits per heavy atom. The Morgan fingerprint density at radius 3 is 2.71 bits per heavy atom. The molecule has 0 unspecified atom stereocenters. The van der Waals surface area contributed by atoms with E-state index in [2.05, 4.69) is 20.8 Å². The van der Waals surface area contributed by atoms with Crippen LogP contribution < -0.4 is 0 Å². The van der Waals surface area contributed by atoms with Crippen LogP contribution in [0.3, 0.4) is 0 Å². The Labute approximate surface area is 86.4 Å². The molecule has 0 aromatic carbocycles. The topological polar surface area (TPSA) is 29.5 Å². The van der Waals surface area contributed by atoms with Crippen molar-refractivity contribution in [3.05, 3.63) is 0 Å². The Bertz CT molecular complexity index is 196. The zero-order valence-corrected chi connectivity index (χ0v) is 9.51. The predicted molar refractivity (Wildman–Crippen MR) is 56.1 cm³/mol. The number of nitrogens with zero attached hydrogens (tertiary/aromatic N) is 1. The van der Waals surface area contributed by atoms with Crippen LogP contribution in [0.2, 0.25) is 0 Å². The molecular formula is C11H21NO2. The fraction of sp³-hybridized carbons (Fsp3) is 0.909. The van der Waals surface area contributed by atoms with Gasteiger partial charge in [-0.1, -0.05) is 20.8 Å². The van der Waals surface area contributed by atoms with Gasteiger partial charge in [-0.15, -0.1) is 0 Å². The summed E-state index contributed by atoms with van der Waals surface area (Å²) in [4.78, 5) is 13.3. The van der Waals surface area contributed by atoms with Crippen molar-refractivity contribution in [1.82, 2.24) is 4.90 Å². The van der Waals surface area contributed by atoms with Gasteiger partial charge in [-0.05, 0) is 18.3 Å². The predicted octanol–water partition coefficient (Wildman–Crippen LogP) is 1.67. The smallest absolute Gasteiger partial charge is 0.248 e. The summed E-state index contributed by atoms with van der Waals surface area (Å²) in [7, 11) is 0.